The van der Waals surface area contributed by atoms with Gasteiger partial charge in [-0.3, -0.25) is 0 Å². The fourth-order valence-electron chi connectivity index (χ4n) is 0.491. The monoisotopic (exact) mass is 218 g/mol. The van der Waals surface area contributed by atoms with Gasteiger partial charge in [-0.05, 0) is 20.1 Å². The van der Waals surface area contributed by atoms with Crippen LogP contribution in [0.4, 0.5) is 0 Å². The summed E-state index contributed by atoms with van der Waals surface area (Å²) >= 11 is 0. The Bertz CT molecular complexity index is 80.1. The van der Waals surface area contributed by atoms with Crippen molar-refractivity contribution in [1.29, 1.82) is 0 Å². The molecule has 10 heavy (non-hydrogen) atoms. The van der Waals surface area contributed by atoms with E-state index in [-0.39, 0.29) is 38.8 Å². The largest absolute Gasteiger partial charge is 0.540 e. The van der Waals surface area contributed by atoms with Crippen molar-refractivity contribution in [1.82, 2.24) is 10.6 Å². The van der Waals surface area contributed by atoms with E-state index in [9.17, 15) is 4.79 Å². The van der Waals surface area contributed by atoms with Crippen molar-refractivity contribution in [3.05, 3.63) is 0 Å². The Labute approximate surface area is 87.2 Å². The SMILES string of the molecule is CCNCC([C-]=O)NC.[Y]. The van der Waals surface area contributed by atoms with E-state index >= 15 is 0 Å². The van der Waals surface area contributed by atoms with Gasteiger partial charge < -0.3 is 15.4 Å². The standard InChI is InChI=1S/C6H13N2O.Y/c1-3-8-4-6(5-9)7-2;/h6-8H,3-4H2,1-2H3;/q-1;. The molecule has 0 aliphatic heterocycles. The molecule has 0 rings (SSSR count). The molecule has 0 aromatic heterocycles. The first-order valence-corrected chi connectivity index (χ1v) is 3.10. The number of rotatable bonds is 5. The smallest absolute Gasteiger partial charge is 0 e. The van der Waals surface area contributed by atoms with Gasteiger partial charge in [0.15, 0.2) is 0 Å². The minimum atomic E-state index is -0.162. The van der Waals surface area contributed by atoms with Crippen molar-refractivity contribution in [3.63, 3.8) is 0 Å². The number of carbonyl (C=O) groups excluding carboxylic acids is 1. The van der Waals surface area contributed by atoms with E-state index in [1.54, 1.807) is 7.05 Å². The third kappa shape index (κ3) is 6.81. The summed E-state index contributed by atoms with van der Waals surface area (Å²) in [5, 5.41) is 5.83. The van der Waals surface area contributed by atoms with Crippen LogP contribution in [0.25, 0.3) is 0 Å². The molecule has 3 nitrogen and oxygen atoms in total. The molecule has 0 heterocycles. The first-order valence-electron chi connectivity index (χ1n) is 3.10. The van der Waals surface area contributed by atoms with Crippen molar-refractivity contribution in [2.45, 2.75) is 13.0 Å². The van der Waals surface area contributed by atoms with Gasteiger partial charge in [0.05, 0.1) is 0 Å². The Morgan fingerprint density at radius 3 is 2.50 bits per heavy atom. The third-order valence-electron chi connectivity index (χ3n) is 1.09. The molecule has 2 N–H and O–H groups in total. The molecule has 1 unspecified atom stereocenters. The molecule has 0 aromatic rings. The summed E-state index contributed by atoms with van der Waals surface area (Å²) in [5.41, 5.74) is 0. The van der Waals surface area contributed by atoms with Crippen LogP contribution in [-0.4, -0.2) is 32.5 Å². The van der Waals surface area contributed by atoms with Gasteiger partial charge in [-0.2, -0.15) is 0 Å². The Morgan fingerprint density at radius 2 is 2.20 bits per heavy atom. The molecular weight excluding hydrogens is 205 g/mol. The molecule has 57 valence electrons. The normalized spacial score (nSPS) is 11.8. The predicted molar refractivity (Wildman–Crippen MR) is 37.1 cm³/mol. The first-order chi connectivity index (χ1) is 4.35. The van der Waals surface area contributed by atoms with E-state index in [4.69, 9.17) is 0 Å². The van der Waals surface area contributed by atoms with Gasteiger partial charge >= 0.3 is 0 Å². The average Bonchev–Trinajstić information content (AvgIpc) is 1.91. The molecule has 1 radical (unpaired) electrons. The summed E-state index contributed by atoms with van der Waals surface area (Å²) in [7, 11) is 1.74. The number of hydrogen-bond donors (Lipinski definition) is 2. The van der Waals surface area contributed by atoms with Crippen LogP contribution >= 0.6 is 0 Å². The van der Waals surface area contributed by atoms with Crippen molar-refractivity contribution < 1.29 is 37.5 Å². The quantitative estimate of drug-likeness (QED) is 0.599. The Morgan fingerprint density at radius 1 is 1.60 bits per heavy atom. The van der Waals surface area contributed by atoms with Crippen LogP contribution in [0.1, 0.15) is 6.92 Å². The Balaban J connectivity index is 0. The fourth-order valence-corrected chi connectivity index (χ4v) is 0.491. The third-order valence-corrected chi connectivity index (χ3v) is 1.09. The van der Waals surface area contributed by atoms with Crippen LogP contribution in [0.2, 0.25) is 0 Å². The van der Waals surface area contributed by atoms with Crippen LogP contribution in [0.5, 0.6) is 0 Å². The van der Waals surface area contributed by atoms with Crippen LogP contribution in [0.3, 0.4) is 0 Å². The molecule has 0 saturated carbocycles. The molecule has 0 saturated heterocycles. The zero-order chi connectivity index (χ0) is 7.11. The van der Waals surface area contributed by atoms with Crippen molar-refractivity contribution >= 4 is 6.29 Å². The molecule has 0 aromatic carbocycles. The molecule has 0 spiro atoms. The van der Waals surface area contributed by atoms with E-state index in [2.05, 4.69) is 10.6 Å². The predicted octanol–water partition coefficient (Wildman–Crippen LogP) is -0.709. The van der Waals surface area contributed by atoms with Gasteiger partial charge in [0.1, 0.15) is 0 Å². The van der Waals surface area contributed by atoms with Crippen LogP contribution in [-0.2, 0) is 37.5 Å². The van der Waals surface area contributed by atoms with Gasteiger partial charge in [-0.15, -0.1) is 0 Å². The summed E-state index contributed by atoms with van der Waals surface area (Å²) in [6, 6.07) is -0.162. The Hall–Kier alpha value is 0.694. The number of hydrogen-bond acceptors (Lipinski definition) is 3. The van der Waals surface area contributed by atoms with Crippen LogP contribution in [0, 0.1) is 0 Å². The summed E-state index contributed by atoms with van der Waals surface area (Å²) < 4.78 is 0. The summed E-state index contributed by atoms with van der Waals surface area (Å²) in [6.45, 7) is 3.55. The van der Waals surface area contributed by atoms with Gasteiger partial charge in [0, 0.05) is 32.7 Å². The number of nitrogens with one attached hydrogen (secondary N) is 2. The maximum absolute atomic E-state index is 10.0. The second-order valence-corrected chi connectivity index (χ2v) is 1.77. The summed E-state index contributed by atoms with van der Waals surface area (Å²) in [6.07, 6.45) is 1.86. The minimum absolute atomic E-state index is 0. The van der Waals surface area contributed by atoms with E-state index in [0.29, 0.717) is 6.54 Å². The van der Waals surface area contributed by atoms with Crippen molar-refractivity contribution in [3.8, 4) is 0 Å². The second-order valence-electron chi connectivity index (χ2n) is 1.77. The fraction of sp³-hybridized carbons (Fsp3) is 0.833. The Kier molecular flexibility index (Phi) is 12.9. The zero-order valence-electron chi connectivity index (χ0n) is 6.48. The average molecular weight is 218 g/mol. The minimum Gasteiger partial charge on any atom is -0.540 e. The maximum atomic E-state index is 10.0. The summed E-state index contributed by atoms with van der Waals surface area (Å²) in [5.74, 6) is 0. The number of likely N-dealkylation sites (N-methyl/N-ethyl adjacent to an activating group) is 2. The van der Waals surface area contributed by atoms with Crippen LogP contribution in [0.15, 0.2) is 0 Å². The van der Waals surface area contributed by atoms with Crippen molar-refractivity contribution in [2.75, 3.05) is 20.1 Å². The molecule has 1 atom stereocenters. The molecule has 0 aliphatic carbocycles. The molecule has 4 heteroatoms. The van der Waals surface area contributed by atoms with Crippen LogP contribution < -0.4 is 10.6 Å². The first kappa shape index (κ1) is 13.3. The zero-order valence-corrected chi connectivity index (χ0v) is 9.32. The van der Waals surface area contributed by atoms with Crippen molar-refractivity contribution in [2.24, 2.45) is 0 Å². The molecule has 0 fully saturated rings. The summed E-state index contributed by atoms with van der Waals surface area (Å²) in [4.78, 5) is 10.0. The molecule has 0 bridgehead atoms. The molecule has 0 aliphatic rings. The molecular formula is C6H13N2OY-. The van der Waals surface area contributed by atoms with Gasteiger partial charge in [0.25, 0.3) is 0 Å². The second kappa shape index (κ2) is 9.69. The van der Waals surface area contributed by atoms with Gasteiger partial charge in [-0.1, -0.05) is 13.0 Å². The molecule has 0 amide bonds. The van der Waals surface area contributed by atoms with E-state index in [1.165, 1.54) is 0 Å². The van der Waals surface area contributed by atoms with Gasteiger partial charge in [0.2, 0.25) is 0 Å². The van der Waals surface area contributed by atoms with E-state index < -0.39 is 0 Å². The van der Waals surface area contributed by atoms with E-state index in [0.717, 1.165) is 6.54 Å². The maximum Gasteiger partial charge on any atom is 0 e. The topological polar surface area (TPSA) is 41.1 Å². The van der Waals surface area contributed by atoms with Gasteiger partial charge in [-0.25, -0.2) is 6.29 Å². The van der Waals surface area contributed by atoms with E-state index in [1.807, 2.05) is 13.2 Å².